The molecular formula is C22H28N4O2. The predicted molar refractivity (Wildman–Crippen MR) is 113 cm³/mol. The van der Waals surface area contributed by atoms with Gasteiger partial charge in [0.25, 0.3) is 0 Å². The first kappa shape index (κ1) is 19.7. The van der Waals surface area contributed by atoms with E-state index < -0.39 is 0 Å². The number of nitrogens with zero attached hydrogens (tertiary/aromatic N) is 2. The fourth-order valence-corrected chi connectivity index (χ4v) is 3.55. The Morgan fingerprint density at radius 3 is 2.75 bits per heavy atom. The maximum atomic E-state index is 12.8. The predicted octanol–water partition coefficient (Wildman–Crippen LogP) is 2.90. The van der Waals surface area contributed by atoms with Crippen molar-refractivity contribution in [3.05, 3.63) is 59.7 Å². The van der Waals surface area contributed by atoms with Crippen molar-refractivity contribution in [2.45, 2.75) is 25.8 Å². The van der Waals surface area contributed by atoms with Gasteiger partial charge in [0, 0.05) is 24.8 Å². The summed E-state index contributed by atoms with van der Waals surface area (Å²) in [6.45, 7) is 2.97. The molecule has 6 heteroatoms. The number of amides is 1. The van der Waals surface area contributed by atoms with Crippen LogP contribution in [0, 0.1) is 0 Å². The number of para-hydroxylation sites is 2. The van der Waals surface area contributed by atoms with Crippen LogP contribution < -0.4 is 20.3 Å². The van der Waals surface area contributed by atoms with E-state index in [1.54, 1.807) is 14.2 Å². The van der Waals surface area contributed by atoms with E-state index in [9.17, 15) is 4.79 Å². The summed E-state index contributed by atoms with van der Waals surface area (Å²) in [6.07, 6.45) is 2.01. The molecule has 28 heavy (non-hydrogen) atoms. The third kappa shape index (κ3) is 4.44. The summed E-state index contributed by atoms with van der Waals surface area (Å²) >= 11 is 0. The van der Waals surface area contributed by atoms with Crippen molar-refractivity contribution < 1.29 is 9.53 Å². The van der Waals surface area contributed by atoms with Crippen molar-refractivity contribution >= 4 is 17.6 Å². The number of fused-ring (bicyclic) bond motifs is 1. The molecule has 148 valence electrons. The number of aryl methyl sites for hydroxylation is 1. The van der Waals surface area contributed by atoms with Gasteiger partial charge in [0.2, 0.25) is 5.91 Å². The molecule has 1 unspecified atom stereocenters. The second-order valence-corrected chi connectivity index (χ2v) is 6.81. The number of hydrogen-bond acceptors (Lipinski definition) is 3. The summed E-state index contributed by atoms with van der Waals surface area (Å²) in [5.74, 6) is 1.44. The lowest BCUT2D eigenvalue weighted by Crippen LogP contribution is -2.46. The molecule has 0 saturated carbocycles. The van der Waals surface area contributed by atoms with Crippen LogP contribution in [0.2, 0.25) is 0 Å². The van der Waals surface area contributed by atoms with Crippen molar-refractivity contribution in [3.8, 4) is 5.75 Å². The summed E-state index contributed by atoms with van der Waals surface area (Å²) in [5.41, 5.74) is 3.28. The van der Waals surface area contributed by atoms with E-state index in [4.69, 9.17) is 4.74 Å². The largest absolute Gasteiger partial charge is 0.496 e. The number of rotatable bonds is 5. The fraction of sp³-hybridized carbons (Fsp3) is 0.364. The molecule has 1 amide bonds. The Labute approximate surface area is 166 Å². The van der Waals surface area contributed by atoms with Gasteiger partial charge in [-0.1, -0.05) is 36.4 Å². The SMILES string of the molecule is CN=C(NCC(=O)N1CCCc2ccccc21)NC(C)c1ccccc1OC. The van der Waals surface area contributed by atoms with Gasteiger partial charge in [0.1, 0.15) is 5.75 Å². The minimum absolute atomic E-state index is 0.0202. The van der Waals surface area contributed by atoms with E-state index >= 15 is 0 Å². The van der Waals surface area contributed by atoms with E-state index in [0.717, 1.165) is 36.4 Å². The molecule has 0 bridgehead atoms. The lowest BCUT2D eigenvalue weighted by molar-refractivity contribution is -0.117. The average Bonchev–Trinajstić information content (AvgIpc) is 2.75. The van der Waals surface area contributed by atoms with Crippen LogP contribution in [0.25, 0.3) is 0 Å². The third-order valence-corrected chi connectivity index (χ3v) is 5.00. The van der Waals surface area contributed by atoms with Crippen LogP contribution >= 0.6 is 0 Å². The second kappa shape index (κ2) is 9.26. The van der Waals surface area contributed by atoms with Crippen LogP contribution in [0.3, 0.4) is 0 Å². The standard InChI is InChI=1S/C22H28N4O2/c1-16(18-11-5-7-13-20(18)28-3)25-22(23-2)24-15-21(27)26-14-8-10-17-9-4-6-12-19(17)26/h4-7,9,11-13,16H,8,10,14-15H2,1-3H3,(H2,23,24,25). The monoisotopic (exact) mass is 380 g/mol. The number of carbonyl (C=O) groups excluding carboxylic acids is 1. The van der Waals surface area contributed by atoms with Gasteiger partial charge in [-0.3, -0.25) is 9.79 Å². The summed E-state index contributed by atoms with van der Waals surface area (Å²) in [6, 6.07) is 16.0. The van der Waals surface area contributed by atoms with Crippen LogP contribution in [0.4, 0.5) is 5.69 Å². The summed E-state index contributed by atoms with van der Waals surface area (Å²) in [7, 11) is 3.36. The van der Waals surface area contributed by atoms with Gasteiger partial charge in [-0.15, -0.1) is 0 Å². The molecule has 6 nitrogen and oxygen atoms in total. The Morgan fingerprint density at radius 2 is 1.96 bits per heavy atom. The van der Waals surface area contributed by atoms with Crippen LogP contribution in [-0.4, -0.2) is 39.1 Å². The van der Waals surface area contributed by atoms with Gasteiger partial charge in [-0.2, -0.15) is 0 Å². The van der Waals surface area contributed by atoms with E-state index in [2.05, 4.69) is 21.7 Å². The molecule has 3 rings (SSSR count). The number of ether oxygens (including phenoxy) is 1. The third-order valence-electron chi connectivity index (χ3n) is 5.00. The number of aliphatic imine (C=N–C) groups is 1. The van der Waals surface area contributed by atoms with Gasteiger partial charge in [0.15, 0.2) is 5.96 Å². The lowest BCUT2D eigenvalue weighted by Gasteiger charge is -2.30. The quantitative estimate of drug-likeness (QED) is 0.618. The van der Waals surface area contributed by atoms with Gasteiger partial charge >= 0.3 is 0 Å². The van der Waals surface area contributed by atoms with Gasteiger partial charge in [-0.05, 0) is 37.5 Å². The summed E-state index contributed by atoms with van der Waals surface area (Å²) in [4.78, 5) is 18.9. The smallest absolute Gasteiger partial charge is 0.246 e. The number of methoxy groups -OCH3 is 1. The Hall–Kier alpha value is -3.02. The molecule has 1 heterocycles. The number of benzene rings is 2. The van der Waals surface area contributed by atoms with Crippen molar-refractivity contribution in [3.63, 3.8) is 0 Å². The molecule has 0 aromatic heterocycles. The highest BCUT2D eigenvalue weighted by atomic mass is 16.5. The molecule has 1 atom stereocenters. The number of nitrogens with one attached hydrogen (secondary N) is 2. The average molecular weight is 380 g/mol. The molecule has 1 aliphatic rings. The van der Waals surface area contributed by atoms with E-state index in [0.29, 0.717) is 5.96 Å². The van der Waals surface area contributed by atoms with Crippen molar-refractivity contribution in [2.24, 2.45) is 4.99 Å². The summed E-state index contributed by atoms with van der Waals surface area (Å²) in [5, 5.41) is 6.47. The molecule has 0 radical (unpaired) electrons. The summed E-state index contributed by atoms with van der Waals surface area (Å²) < 4.78 is 5.43. The van der Waals surface area contributed by atoms with Crippen LogP contribution in [0.15, 0.2) is 53.5 Å². The minimum Gasteiger partial charge on any atom is -0.496 e. The molecule has 0 saturated heterocycles. The van der Waals surface area contributed by atoms with E-state index in [1.807, 2.05) is 54.3 Å². The first-order chi connectivity index (χ1) is 13.6. The number of anilines is 1. The highest BCUT2D eigenvalue weighted by Crippen LogP contribution is 2.26. The fourth-order valence-electron chi connectivity index (χ4n) is 3.55. The molecule has 0 spiro atoms. The topological polar surface area (TPSA) is 66.0 Å². The Bertz CT molecular complexity index is 850. The molecule has 1 aliphatic heterocycles. The highest BCUT2D eigenvalue weighted by Gasteiger charge is 2.22. The molecule has 2 N–H and O–H groups in total. The van der Waals surface area contributed by atoms with Crippen molar-refractivity contribution in [2.75, 3.05) is 32.1 Å². The zero-order valence-electron chi connectivity index (χ0n) is 16.7. The zero-order chi connectivity index (χ0) is 19.9. The van der Waals surface area contributed by atoms with Crippen molar-refractivity contribution in [1.29, 1.82) is 0 Å². The molecule has 2 aromatic rings. The Kier molecular flexibility index (Phi) is 6.53. The zero-order valence-corrected chi connectivity index (χ0v) is 16.7. The maximum absolute atomic E-state index is 12.8. The lowest BCUT2D eigenvalue weighted by atomic mass is 10.0. The van der Waals surface area contributed by atoms with Crippen molar-refractivity contribution in [1.82, 2.24) is 10.6 Å². The molecule has 2 aromatic carbocycles. The van der Waals surface area contributed by atoms with Gasteiger partial charge < -0.3 is 20.3 Å². The number of carbonyl (C=O) groups is 1. The molecule has 0 fully saturated rings. The first-order valence-corrected chi connectivity index (χ1v) is 9.62. The van der Waals surface area contributed by atoms with Gasteiger partial charge in [-0.25, -0.2) is 0 Å². The Morgan fingerprint density at radius 1 is 1.21 bits per heavy atom. The normalized spacial score (nSPS) is 14.8. The molecular weight excluding hydrogens is 352 g/mol. The maximum Gasteiger partial charge on any atom is 0.246 e. The molecule has 0 aliphatic carbocycles. The van der Waals surface area contributed by atoms with E-state index in [1.165, 1.54) is 5.56 Å². The van der Waals surface area contributed by atoms with Crippen LogP contribution in [0.5, 0.6) is 5.75 Å². The highest BCUT2D eigenvalue weighted by molar-refractivity contribution is 5.98. The Balaban J connectivity index is 1.61. The second-order valence-electron chi connectivity index (χ2n) is 6.81. The minimum atomic E-state index is -0.0202. The number of hydrogen-bond donors (Lipinski definition) is 2. The van der Waals surface area contributed by atoms with Crippen LogP contribution in [0.1, 0.15) is 30.5 Å². The first-order valence-electron chi connectivity index (χ1n) is 9.62. The number of guanidine groups is 1. The van der Waals surface area contributed by atoms with E-state index in [-0.39, 0.29) is 18.5 Å². The van der Waals surface area contributed by atoms with Gasteiger partial charge in [0.05, 0.1) is 19.7 Å². The van der Waals surface area contributed by atoms with Crippen LogP contribution in [-0.2, 0) is 11.2 Å².